The smallest absolute Gasteiger partial charge is 0.336 e. The van der Waals surface area contributed by atoms with Crippen LogP contribution >= 0.6 is 12.6 Å². The number of nitrogens with zero attached hydrogens (tertiary/aromatic N) is 2. The summed E-state index contributed by atoms with van der Waals surface area (Å²) in [7, 11) is 0. The summed E-state index contributed by atoms with van der Waals surface area (Å²) < 4.78 is 9.67. The standard InChI is InChI=1S/C35H34N2O4S/c38-34(39)23-12-11-22(35(40)42)19-26(23)29-27-17-20-7-1-3-13-36-15-5-9-24(30(20)36)32(27)41-33-25-10-6-16-37-14-4-2-8-21(31(25)37)18-28(29)33/h11-12,17-19H,1-10,13-16H2,(H-,38,39,40,42)/p+1. The van der Waals surface area contributed by atoms with E-state index in [4.69, 9.17) is 4.74 Å². The summed E-state index contributed by atoms with van der Waals surface area (Å²) in [6, 6.07) is 9.43. The van der Waals surface area contributed by atoms with Crippen LogP contribution in [0.1, 0.15) is 92.6 Å². The minimum absolute atomic E-state index is 0.192. The van der Waals surface area contributed by atoms with E-state index in [1.807, 2.05) is 0 Å². The summed E-state index contributed by atoms with van der Waals surface area (Å²) in [5.41, 5.74) is 9.48. The van der Waals surface area contributed by atoms with Crippen molar-refractivity contribution in [2.24, 2.45) is 0 Å². The molecule has 0 aliphatic carbocycles. The van der Waals surface area contributed by atoms with Gasteiger partial charge in [0.1, 0.15) is 24.6 Å². The van der Waals surface area contributed by atoms with E-state index in [0.29, 0.717) is 11.1 Å². The number of aromatic carboxylic acids is 1. The van der Waals surface area contributed by atoms with Gasteiger partial charge in [0.25, 0.3) is 0 Å². The maximum atomic E-state index is 12.7. The highest BCUT2D eigenvalue weighted by atomic mass is 32.1. The zero-order valence-electron chi connectivity index (χ0n) is 23.8. The van der Waals surface area contributed by atoms with Crippen LogP contribution in [-0.2, 0) is 25.7 Å². The second kappa shape index (κ2) is 10.0. The lowest BCUT2D eigenvalue weighted by Gasteiger charge is -2.35. The monoisotopic (exact) mass is 579 g/mol. The molecule has 0 radical (unpaired) electrons. The van der Waals surface area contributed by atoms with E-state index in [1.54, 1.807) is 18.2 Å². The van der Waals surface area contributed by atoms with Gasteiger partial charge in [0.2, 0.25) is 10.5 Å². The van der Waals surface area contributed by atoms with Gasteiger partial charge in [-0.15, -0.1) is 12.6 Å². The zero-order chi connectivity index (χ0) is 28.5. The molecule has 1 N–H and O–H groups in total. The van der Waals surface area contributed by atoms with Gasteiger partial charge in [-0.1, -0.05) is 0 Å². The first-order chi connectivity index (χ1) is 20.5. The number of fused-ring (bicyclic) bond motifs is 4. The quantitative estimate of drug-likeness (QED) is 0.273. The highest BCUT2D eigenvalue weighted by Gasteiger charge is 2.36. The van der Waals surface area contributed by atoms with Gasteiger partial charge in [-0.2, -0.15) is 0 Å². The van der Waals surface area contributed by atoms with E-state index in [0.717, 1.165) is 105 Å². The van der Waals surface area contributed by atoms with E-state index in [-0.39, 0.29) is 10.7 Å². The fraction of sp³-hybridized carbons (Fsp3) is 0.400. The van der Waals surface area contributed by atoms with Gasteiger partial charge >= 0.3 is 5.97 Å². The van der Waals surface area contributed by atoms with Crippen molar-refractivity contribution in [2.45, 2.75) is 64.2 Å². The molecule has 0 saturated heterocycles. The average molecular weight is 580 g/mol. The van der Waals surface area contributed by atoms with Crippen molar-refractivity contribution in [3.8, 4) is 11.5 Å². The molecule has 3 aromatic carbocycles. The van der Waals surface area contributed by atoms with Crippen molar-refractivity contribution in [1.82, 2.24) is 4.58 Å². The van der Waals surface area contributed by atoms with Crippen LogP contribution in [0.5, 0.6) is 11.5 Å². The minimum atomic E-state index is -1.00. The maximum Gasteiger partial charge on any atom is 0.336 e. The predicted molar refractivity (Wildman–Crippen MR) is 166 cm³/mol. The summed E-state index contributed by atoms with van der Waals surface area (Å²) in [5, 5.41) is 12.3. The Hall–Kier alpha value is -3.58. The van der Waals surface area contributed by atoms with E-state index in [1.165, 1.54) is 46.1 Å². The van der Waals surface area contributed by atoms with Crippen molar-refractivity contribution < 1.29 is 19.4 Å². The molecule has 0 unspecified atom stereocenters. The molecular weight excluding hydrogens is 544 g/mol. The van der Waals surface area contributed by atoms with Gasteiger partial charge in [-0.05, 0) is 92.8 Å². The van der Waals surface area contributed by atoms with Crippen LogP contribution in [0.4, 0.5) is 5.69 Å². The Morgan fingerprint density at radius 3 is 2.45 bits per heavy atom. The number of carboxylic acid groups (broad SMARTS) is 1. The molecule has 0 spiro atoms. The van der Waals surface area contributed by atoms with Crippen LogP contribution in [0.2, 0.25) is 0 Å². The van der Waals surface area contributed by atoms with Crippen LogP contribution in [-0.4, -0.2) is 42.4 Å². The molecule has 214 valence electrons. The first-order valence-electron chi connectivity index (χ1n) is 15.5. The molecule has 0 saturated carbocycles. The normalized spacial score (nSPS) is 18.5. The van der Waals surface area contributed by atoms with E-state index in [9.17, 15) is 14.7 Å². The third-order valence-electron chi connectivity index (χ3n) is 9.95. The lowest BCUT2D eigenvalue weighted by Crippen LogP contribution is -2.41. The number of rotatable bonds is 3. The fourth-order valence-electron chi connectivity index (χ4n) is 8.19. The summed E-state index contributed by atoms with van der Waals surface area (Å²) >= 11 is 4.12. The third kappa shape index (κ3) is 3.96. The Labute approximate surface area is 250 Å². The van der Waals surface area contributed by atoms with Gasteiger partial charge < -0.3 is 14.7 Å². The maximum absolute atomic E-state index is 12.7. The topological polar surface area (TPSA) is 69.9 Å². The van der Waals surface area contributed by atoms with Crippen molar-refractivity contribution in [3.05, 3.63) is 85.4 Å². The van der Waals surface area contributed by atoms with Crippen LogP contribution in [0, 0.1) is 0 Å². The number of aryl methyl sites for hydroxylation is 2. The molecule has 5 heterocycles. The molecule has 5 aliphatic heterocycles. The number of ether oxygens (including phenoxy) is 1. The largest absolute Gasteiger partial charge is 0.478 e. The summed E-state index contributed by atoms with van der Waals surface area (Å²) in [6.07, 6.45) is 10.6. The number of hydrogen-bond donors (Lipinski definition) is 2. The Kier molecular flexibility index (Phi) is 6.21. The van der Waals surface area contributed by atoms with Crippen LogP contribution in [0.25, 0.3) is 5.57 Å². The first-order valence-corrected chi connectivity index (χ1v) is 16.0. The Balaban J connectivity index is 1.54. The number of anilines is 1. The number of carboxylic acids is 1. The molecule has 0 fully saturated rings. The molecule has 42 heavy (non-hydrogen) atoms. The average Bonchev–Trinajstić information content (AvgIpc) is 3.34. The molecule has 3 aromatic rings. The van der Waals surface area contributed by atoms with Gasteiger partial charge in [0, 0.05) is 64.7 Å². The number of thiol groups is 1. The first kappa shape index (κ1) is 26.1. The van der Waals surface area contributed by atoms with Crippen LogP contribution in [0.3, 0.4) is 0 Å². The second-order valence-corrected chi connectivity index (χ2v) is 12.8. The minimum Gasteiger partial charge on any atom is -0.478 e. The van der Waals surface area contributed by atoms with Gasteiger partial charge in [0.15, 0.2) is 0 Å². The highest BCUT2D eigenvalue weighted by Crippen LogP contribution is 2.48. The van der Waals surface area contributed by atoms with Crippen LogP contribution in [0.15, 0.2) is 30.3 Å². The van der Waals surface area contributed by atoms with Crippen LogP contribution < -0.4 is 24.8 Å². The molecule has 8 rings (SSSR count). The lowest BCUT2D eigenvalue weighted by atomic mass is 9.83. The van der Waals surface area contributed by atoms with E-state index in [2.05, 4.69) is 34.2 Å². The Morgan fingerprint density at radius 1 is 0.810 bits per heavy atom. The second-order valence-electron chi connectivity index (χ2n) is 12.4. The van der Waals surface area contributed by atoms with Crippen molar-refractivity contribution >= 4 is 35.0 Å². The van der Waals surface area contributed by atoms with Crippen molar-refractivity contribution in [2.75, 3.05) is 31.1 Å². The molecule has 7 heteroatoms. The van der Waals surface area contributed by atoms with Gasteiger partial charge in [-0.3, -0.25) is 4.79 Å². The molecular formula is C35H35N2O4S+. The molecule has 6 nitrogen and oxygen atoms in total. The summed E-state index contributed by atoms with van der Waals surface area (Å²) in [4.78, 5) is 27.7. The number of carbonyl (C=O) groups excluding carboxylic acids is 1. The van der Waals surface area contributed by atoms with Gasteiger partial charge in [0.05, 0.1) is 11.1 Å². The highest BCUT2D eigenvalue weighted by molar-refractivity contribution is 7.97. The number of benzene rings is 3. The lowest BCUT2D eigenvalue weighted by molar-refractivity contribution is 0.0696. The van der Waals surface area contributed by atoms with Crippen molar-refractivity contribution in [1.29, 1.82) is 0 Å². The fourth-order valence-corrected chi connectivity index (χ4v) is 8.33. The van der Waals surface area contributed by atoms with E-state index < -0.39 is 5.97 Å². The molecule has 0 aromatic heterocycles. The SMILES string of the molecule is O=C(S)c1ccc(C(=O)O)c(C2=c3cc4c5c(c3Oc3c2cc2c6c3CCCN6CCCC2)CCC[N+]=5CCCC4)c1. The molecule has 0 atom stereocenters. The van der Waals surface area contributed by atoms with Crippen molar-refractivity contribution in [3.63, 3.8) is 0 Å². The molecule has 0 amide bonds. The number of hydrogen-bond acceptors (Lipinski definition) is 4. The molecule has 5 aliphatic rings. The third-order valence-corrected chi connectivity index (χ3v) is 10.2. The zero-order valence-corrected chi connectivity index (χ0v) is 24.7. The predicted octanol–water partition coefficient (Wildman–Crippen LogP) is 4.67. The number of carbonyl (C=O) groups is 2. The van der Waals surface area contributed by atoms with E-state index >= 15 is 0 Å². The summed E-state index contributed by atoms with van der Waals surface area (Å²) in [5.74, 6) is 0.752. The Morgan fingerprint density at radius 2 is 1.60 bits per heavy atom. The van der Waals surface area contributed by atoms with Gasteiger partial charge in [-0.25, -0.2) is 9.37 Å². The molecule has 0 bridgehead atoms. The summed E-state index contributed by atoms with van der Waals surface area (Å²) in [6.45, 7) is 4.26. The Bertz CT molecular complexity index is 1840.